The molecule has 4 bridgehead atoms. The highest BCUT2D eigenvalue weighted by molar-refractivity contribution is 5.92. The molecule has 0 spiro atoms. The summed E-state index contributed by atoms with van der Waals surface area (Å²) < 4.78 is 0. The molecule has 4 fully saturated rings. The van der Waals surface area contributed by atoms with Gasteiger partial charge in [0, 0.05) is 11.7 Å². The number of hydrogen-bond donors (Lipinski definition) is 2. The van der Waals surface area contributed by atoms with Crippen LogP contribution in [0.4, 0.5) is 5.82 Å². The zero-order valence-electron chi connectivity index (χ0n) is 11.4. The normalized spacial score (nSPS) is 37.9. The summed E-state index contributed by atoms with van der Waals surface area (Å²) >= 11 is 0. The van der Waals surface area contributed by atoms with Crippen molar-refractivity contribution in [2.24, 2.45) is 17.8 Å². The molecular weight excluding hydrogens is 254 g/mol. The standard InChI is InChI=1S/C15H19N3O2/c19-14(20)12-7-16-8-17-13(12)18-15-4-9-1-10(5-15)3-11(2-9)6-15/h7-11H,1-6H2,(H,19,20)(H,16,17,18). The molecule has 4 aliphatic carbocycles. The number of carbonyl (C=O) groups is 1. The topological polar surface area (TPSA) is 75.1 Å². The summed E-state index contributed by atoms with van der Waals surface area (Å²) in [7, 11) is 0. The maximum absolute atomic E-state index is 11.3. The van der Waals surface area contributed by atoms with Gasteiger partial charge in [-0.05, 0) is 56.3 Å². The highest BCUT2D eigenvalue weighted by Gasteiger charge is 2.51. The third-order valence-electron chi connectivity index (χ3n) is 5.36. The first-order valence-corrected chi connectivity index (χ1v) is 7.45. The lowest BCUT2D eigenvalue weighted by molar-refractivity contribution is 0.0105. The average Bonchev–Trinajstić information content (AvgIpc) is 2.36. The predicted octanol–water partition coefficient (Wildman–Crippen LogP) is 2.56. The van der Waals surface area contributed by atoms with Gasteiger partial charge in [-0.2, -0.15) is 0 Å². The largest absolute Gasteiger partial charge is 0.477 e. The van der Waals surface area contributed by atoms with Crippen LogP contribution in [0.3, 0.4) is 0 Å². The fraction of sp³-hybridized carbons (Fsp3) is 0.667. The van der Waals surface area contributed by atoms with Gasteiger partial charge in [-0.1, -0.05) is 0 Å². The molecule has 0 aromatic carbocycles. The zero-order chi connectivity index (χ0) is 13.7. The zero-order valence-corrected chi connectivity index (χ0v) is 11.4. The minimum Gasteiger partial charge on any atom is -0.477 e. The Bertz CT molecular complexity index is 523. The van der Waals surface area contributed by atoms with Crippen LogP contribution in [0, 0.1) is 17.8 Å². The molecule has 2 N–H and O–H groups in total. The predicted molar refractivity (Wildman–Crippen MR) is 73.5 cm³/mol. The molecule has 5 rings (SSSR count). The molecule has 20 heavy (non-hydrogen) atoms. The maximum Gasteiger partial charge on any atom is 0.341 e. The maximum atomic E-state index is 11.3. The van der Waals surface area contributed by atoms with Gasteiger partial charge < -0.3 is 10.4 Å². The minimum atomic E-state index is -0.960. The highest BCUT2D eigenvalue weighted by atomic mass is 16.4. The fourth-order valence-electron chi connectivity index (χ4n) is 5.10. The summed E-state index contributed by atoms with van der Waals surface area (Å²) in [4.78, 5) is 19.3. The van der Waals surface area contributed by atoms with Crippen molar-refractivity contribution in [3.63, 3.8) is 0 Å². The van der Waals surface area contributed by atoms with Crippen LogP contribution in [-0.2, 0) is 0 Å². The minimum absolute atomic E-state index is 0.0767. The molecule has 5 heteroatoms. The summed E-state index contributed by atoms with van der Waals surface area (Å²) in [5, 5.41) is 12.8. The van der Waals surface area contributed by atoms with E-state index in [1.807, 2.05) is 0 Å². The summed E-state index contributed by atoms with van der Waals surface area (Å²) in [6, 6.07) is 0. The summed E-state index contributed by atoms with van der Waals surface area (Å²) in [6.45, 7) is 0. The highest BCUT2D eigenvalue weighted by Crippen LogP contribution is 2.56. The molecule has 106 valence electrons. The first kappa shape index (κ1) is 12.1. The van der Waals surface area contributed by atoms with Gasteiger partial charge in [0.2, 0.25) is 0 Å². The fourth-order valence-corrected chi connectivity index (χ4v) is 5.10. The van der Waals surface area contributed by atoms with Crippen molar-refractivity contribution in [3.8, 4) is 0 Å². The number of nitrogens with one attached hydrogen (secondary N) is 1. The third kappa shape index (κ3) is 1.87. The van der Waals surface area contributed by atoms with Crippen molar-refractivity contribution < 1.29 is 9.90 Å². The van der Waals surface area contributed by atoms with Crippen LogP contribution < -0.4 is 5.32 Å². The lowest BCUT2D eigenvalue weighted by Gasteiger charge is -2.57. The van der Waals surface area contributed by atoms with Gasteiger partial charge in [0.1, 0.15) is 17.7 Å². The lowest BCUT2D eigenvalue weighted by atomic mass is 9.53. The molecule has 5 nitrogen and oxygen atoms in total. The van der Waals surface area contributed by atoms with Crippen LogP contribution in [0.25, 0.3) is 0 Å². The third-order valence-corrected chi connectivity index (χ3v) is 5.36. The molecular formula is C15H19N3O2. The Labute approximate surface area is 117 Å². The second-order valence-electron chi connectivity index (χ2n) is 6.91. The van der Waals surface area contributed by atoms with Crippen LogP contribution in [0.2, 0.25) is 0 Å². The molecule has 1 aromatic rings. The molecule has 0 amide bonds. The van der Waals surface area contributed by atoms with Crippen molar-refractivity contribution >= 4 is 11.8 Å². The molecule has 0 saturated heterocycles. The van der Waals surface area contributed by atoms with Gasteiger partial charge >= 0.3 is 5.97 Å². The molecule has 0 aliphatic heterocycles. The monoisotopic (exact) mass is 273 g/mol. The Morgan fingerprint density at radius 1 is 1.20 bits per heavy atom. The second kappa shape index (κ2) is 4.17. The van der Waals surface area contributed by atoms with E-state index in [0.717, 1.165) is 17.8 Å². The molecule has 4 saturated carbocycles. The SMILES string of the molecule is O=C(O)c1cncnc1NC12CC3CC(CC(C3)C1)C2. The van der Waals surface area contributed by atoms with Gasteiger partial charge in [0.15, 0.2) is 0 Å². The lowest BCUT2D eigenvalue weighted by Crippen LogP contribution is -2.55. The van der Waals surface area contributed by atoms with Crippen LogP contribution in [-0.4, -0.2) is 26.6 Å². The number of aromatic nitrogens is 2. The number of rotatable bonds is 3. The van der Waals surface area contributed by atoms with E-state index in [4.69, 9.17) is 0 Å². The van der Waals surface area contributed by atoms with E-state index in [0.29, 0.717) is 5.82 Å². The first-order valence-electron chi connectivity index (χ1n) is 7.45. The first-order chi connectivity index (χ1) is 9.63. The molecule has 0 radical (unpaired) electrons. The number of anilines is 1. The quantitative estimate of drug-likeness (QED) is 0.885. The van der Waals surface area contributed by atoms with Crippen molar-refractivity contribution in [1.82, 2.24) is 9.97 Å². The molecule has 4 aliphatic rings. The van der Waals surface area contributed by atoms with E-state index in [1.54, 1.807) is 0 Å². The Morgan fingerprint density at radius 3 is 2.35 bits per heavy atom. The second-order valence-corrected chi connectivity index (χ2v) is 6.91. The molecule has 1 heterocycles. The number of hydrogen-bond acceptors (Lipinski definition) is 4. The number of nitrogens with zero attached hydrogens (tertiary/aromatic N) is 2. The van der Waals surface area contributed by atoms with Gasteiger partial charge in [-0.25, -0.2) is 14.8 Å². The smallest absolute Gasteiger partial charge is 0.341 e. The van der Waals surface area contributed by atoms with Crippen LogP contribution >= 0.6 is 0 Å². The van der Waals surface area contributed by atoms with Crippen LogP contribution in [0.1, 0.15) is 48.9 Å². The summed E-state index contributed by atoms with van der Waals surface area (Å²) in [5.41, 5.74) is 0.260. The Morgan fingerprint density at radius 2 is 1.80 bits per heavy atom. The summed E-state index contributed by atoms with van der Waals surface area (Å²) in [5.74, 6) is 2.00. The van der Waals surface area contributed by atoms with E-state index < -0.39 is 5.97 Å². The Balaban J connectivity index is 1.64. The van der Waals surface area contributed by atoms with Gasteiger partial charge in [0.05, 0.1) is 0 Å². The van der Waals surface area contributed by atoms with E-state index in [2.05, 4.69) is 15.3 Å². The van der Waals surface area contributed by atoms with Crippen molar-refractivity contribution in [2.45, 2.75) is 44.1 Å². The van der Waals surface area contributed by atoms with Crippen LogP contribution in [0.5, 0.6) is 0 Å². The molecule has 0 unspecified atom stereocenters. The Kier molecular flexibility index (Phi) is 2.53. The van der Waals surface area contributed by atoms with Crippen LogP contribution in [0.15, 0.2) is 12.5 Å². The van der Waals surface area contributed by atoms with Gasteiger partial charge in [-0.3, -0.25) is 0 Å². The van der Waals surface area contributed by atoms with E-state index in [1.165, 1.54) is 51.0 Å². The van der Waals surface area contributed by atoms with Gasteiger partial charge in [0.25, 0.3) is 0 Å². The van der Waals surface area contributed by atoms with E-state index >= 15 is 0 Å². The van der Waals surface area contributed by atoms with Crippen molar-refractivity contribution in [2.75, 3.05) is 5.32 Å². The van der Waals surface area contributed by atoms with Gasteiger partial charge in [-0.15, -0.1) is 0 Å². The van der Waals surface area contributed by atoms with E-state index in [-0.39, 0.29) is 11.1 Å². The number of carboxylic acids is 1. The number of aromatic carboxylic acids is 1. The molecule has 1 aromatic heterocycles. The number of carboxylic acid groups (broad SMARTS) is 1. The Hall–Kier alpha value is -1.65. The molecule has 0 atom stereocenters. The van der Waals surface area contributed by atoms with E-state index in [9.17, 15) is 9.90 Å². The average molecular weight is 273 g/mol. The van der Waals surface area contributed by atoms with Crippen molar-refractivity contribution in [3.05, 3.63) is 18.1 Å². The summed E-state index contributed by atoms with van der Waals surface area (Å²) in [6.07, 6.45) is 10.4. The van der Waals surface area contributed by atoms with Crippen molar-refractivity contribution in [1.29, 1.82) is 0 Å².